The molecule has 0 aliphatic carbocycles. The highest BCUT2D eigenvalue weighted by atomic mass is 19.4. The molecule has 0 aliphatic rings. The molecule has 1 aromatic rings. The van der Waals surface area contributed by atoms with Crippen molar-refractivity contribution in [1.29, 1.82) is 0 Å². The number of rotatable bonds is 5. The van der Waals surface area contributed by atoms with Gasteiger partial charge in [-0.25, -0.2) is 4.79 Å². The maximum absolute atomic E-state index is 12.7. The molecule has 4 nitrogen and oxygen atoms in total. The Balaban J connectivity index is 3.20. The van der Waals surface area contributed by atoms with E-state index in [9.17, 15) is 22.8 Å². The molecule has 0 saturated carbocycles. The van der Waals surface area contributed by atoms with Gasteiger partial charge in [0.15, 0.2) is 5.78 Å². The average molecular weight is 302 g/mol. The number of hydrogen-bond acceptors (Lipinski definition) is 4. The van der Waals surface area contributed by atoms with E-state index in [4.69, 9.17) is 4.74 Å². The summed E-state index contributed by atoms with van der Waals surface area (Å²) in [5.74, 6) is -1.55. The SMILES string of the molecule is CCOc1ccc(C(F)(F)F)cc1C(=O)/C=C/C(=O)OC. The molecule has 0 radical (unpaired) electrons. The average Bonchev–Trinajstić information content (AvgIpc) is 2.43. The fourth-order valence-electron chi connectivity index (χ4n) is 1.48. The van der Waals surface area contributed by atoms with Crippen LogP contribution in [0.3, 0.4) is 0 Å². The molecule has 0 aromatic heterocycles. The van der Waals surface area contributed by atoms with Gasteiger partial charge < -0.3 is 9.47 Å². The van der Waals surface area contributed by atoms with E-state index in [-0.39, 0.29) is 17.9 Å². The van der Waals surface area contributed by atoms with E-state index >= 15 is 0 Å². The number of carbonyl (C=O) groups excluding carboxylic acids is 2. The van der Waals surface area contributed by atoms with Crippen LogP contribution in [0.15, 0.2) is 30.4 Å². The van der Waals surface area contributed by atoms with Gasteiger partial charge in [0.25, 0.3) is 0 Å². The highest BCUT2D eigenvalue weighted by Crippen LogP contribution is 2.32. The number of alkyl halides is 3. The highest BCUT2D eigenvalue weighted by molar-refractivity contribution is 6.08. The van der Waals surface area contributed by atoms with Crippen LogP contribution >= 0.6 is 0 Å². The fourth-order valence-corrected chi connectivity index (χ4v) is 1.48. The van der Waals surface area contributed by atoms with Gasteiger partial charge in [-0.2, -0.15) is 13.2 Å². The van der Waals surface area contributed by atoms with E-state index in [2.05, 4.69) is 4.74 Å². The predicted octanol–water partition coefficient (Wildman–Crippen LogP) is 3.02. The smallest absolute Gasteiger partial charge is 0.416 e. The van der Waals surface area contributed by atoms with Gasteiger partial charge in [0.05, 0.1) is 24.8 Å². The third kappa shape index (κ3) is 4.62. The number of halogens is 3. The second-order valence-corrected chi connectivity index (χ2v) is 3.86. The molecular weight excluding hydrogens is 289 g/mol. The predicted molar refractivity (Wildman–Crippen MR) is 68.1 cm³/mol. The summed E-state index contributed by atoms with van der Waals surface area (Å²) in [6.07, 6.45) is -2.91. The maximum atomic E-state index is 12.7. The summed E-state index contributed by atoms with van der Waals surface area (Å²) >= 11 is 0. The van der Waals surface area contributed by atoms with Gasteiger partial charge in [-0.3, -0.25) is 4.79 Å². The van der Waals surface area contributed by atoms with Gasteiger partial charge in [-0.1, -0.05) is 0 Å². The second kappa shape index (κ2) is 6.92. The molecule has 0 heterocycles. The molecule has 0 amide bonds. The van der Waals surface area contributed by atoms with Crippen molar-refractivity contribution in [3.05, 3.63) is 41.5 Å². The Morgan fingerprint density at radius 1 is 1.24 bits per heavy atom. The van der Waals surface area contributed by atoms with Crippen LogP contribution in [-0.2, 0) is 15.7 Å². The lowest BCUT2D eigenvalue weighted by Gasteiger charge is -2.12. The van der Waals surface area contributed by atoms with E-state index in [1.165, 1.54) is 0 Å². The zero-order valence-corrected chi connectivity index (χ0v) is 11.4. The van der Waals surface area contributed by atoms with Gasteiger partial charge in [0, 0.05) is 6.08 Å². The van der Waals surface area contributed by atoms with Crippen LogP contribution in [0.25, 0.3) is 0 Å². The van der Waals surface area contributed by atoms with Crippen molar-refractivity contribution in [2.75, 3.05) is 13.7 Å². The number of ether oxygens (including phenoxy) is 2. The molecule has 0 N–H and O–H groups in total. The van der Waals surface area contributed by atoms with Crippen molar-refractivity contribution in [3.8, 4) is 5.75 Å². The summed E-state index contributed by atoms with van der Waals surface area (Å²) in [7, 11) is 1.12. The van der Waals surface area contributed by atoms with Crippen molar-refractivity contribution in [2.45, 2.75) is 13.1 Å². The van der Waals surface area contributed by atoms with Crippen LogP contribution in [0.1, 0.15) is 22.8 Å². The van der Waals surface area contributed by atoms with Crippen LogP contribution in [0, 0.1) is 0 Å². The summed E-state index contributed by atoms with van der Waals surface area (Å²) in [6.45, 7) is 1.82. The standard InChI is InChI=1S/C14H13F3O4/c1-3-21-12-6-4-9(14(15,16)17)8-10(12)11(18)5-7-13(19)20-2/h4-8H,3H2,1-2H3/b7-5+. The molecule has 0 unspecified atom stereocenters. The minimum absolute atomic E-state index is 0.0185. The number of carbonyl (C=O) groups is 2. The maximum Gasteiger partial charge on any atom is 0.416 e. The minimum Gasteiger partial charge on any atom is -0.493 e. The Bertz CT molecular complexity index is 562. The topological polar surface area (TPSA) is 52.6 Å². The lowest BCUT2D eigenvalue weighted by molar-refractivity contribution is -0.137. The quantitative estimate of drug-likeness (QED) is 0.476. The zero-order valence-electron chi connectivity index (χ0n) is 11.4. The van der Waals surface area contributed by atoms with Crippen LogP contribution in [0.2, 0.25) is 0 Å². The molecule has 1 aromatic carbocycles. The molecule has 1 rings (SSSR count). The Morgan fingerprint density at radius 2 is 1.90 bits per heavy atom. The molecular formula is C14H13F3O4. The zero-order chi connectivity index (χ0) is 16.0. The Labute approximate surface area is 119 Å². The van der Waals surface area contributed by atoms with Crippen LogP contribution in [0.5, 0.6) is 5.75 Å². The van der Waals surface area contributed by atoms with Gasteiger partial charge >= 0.3 is 12.1 Å². The first-order valence-corrected chi connectivity index (χ1v) is 5.94. The molecule has 7 heteroatoms. The van der Waals surface area contributed by atoms with Crippen molar-refractivity contribution in [2.24, 2.45) is 0 Å². The molecule has 0 atom stereocenters. The Hall–Kier alpha value is -2.31. The number of methoxy groups -OCH3 is 1. The first-order valence-electron chi connectivity index (χ1n) is 5.94. The third-order valence-electron chi connectivity index (χ3n) is 2.44. The number of benzene rings is 1. The number of esters is 1. The van der Waals surface area contributed by atoms with Crippen molar-refractivity contribution >= 4 is 11.8 Å². The Morgan fingerprint density at radius 3 is 2.43 bits per heavy atom. The van der Waals surface area contributed by atoms with Crippen molar-refractivity contribution in [1.82, 2.24) is 0 Å². The fraction of sp³-hybridized carbons (Fsp3) is 0.286. The summed E-state index contributed by atoms with van der Waals surface area (Å²) in [6, 6.07) is 2.59. The van der Waals surface area contributed by atoms with E-state index in [1.54, 1.807) is 6.92 Å². The largest absolute Gasteiger partial charge is 0.493 e. The first kappa shape index (κ1) is 16.7. The lowest BCUT2D eigenvalue weighted by Crippen LogP contribution is -2.09. The molecule has 0 saturated heterocycles. The first-order chi connectivity index (χ1) is 9.79. The molecule has 0 spiro atoms. The van der Waals surface area contributed by atoms with E-state index in [1.807, 2.05) is 0 Å². The number of hydrogen-bond donors (Lipinski definition) is 0. The van der Waals surface area contributed by atoms with E-state index in [0.29, 0.717) is 6.07 Å². The van der Waals surface area contributed by atoms with Crippen molar-refractivity contribution < 1.29 is 32.2 Å². The van der Waals surface area contributed by atoms with E-state index < -0.39 is 23.5 Å². The Kier molecular flexibility index (Phi) is 5.52. The number of ketones is 1. The van der Waals surface area contributed by atoms with Crippen LogP contribution in [-0.4, -0.2) is 25.5 Å². The molecule has 0 aliphatic heterocycles. The summed E-state index contributed by atoms with van der Waals surface area (Å²) in [5, 5.41) is 0. The number of allylic oxidation sites excluding steroid dienone is 1. The molecule has 0 bridgehead atoms. The summed E-state index contributed by atoms with van der Waals surface area (Å²) in [4.78, 5) is 22.8. The van der Waals surface area contributed by atoms with Gasteiger partial charge in [0.2, 0.25) is 0 Å². The minimum atomic E-state index is -4.58. The lowest BCUT2D eigenvalue weighted by atomic mass is 10.0. The van der Waals surface area contributed by atoms with E-state index in [0.717, 1.165) is 31.4 Å². The molecule has 114 valence electrons. The van der Waals surface area contributed by atoms with Crippen molar-refractivity contribution in [3.63, 3.8) is 0 Å². The third-order valence-corrected chi connectivity index (χ3v) is 2.44. The van der Waals surface area contributed by atoms with Crippen LogP contribution in [0.4, 0.5) is 13.2 Å². The van der Waals surface area contributed by atoms with Gasteiger partial charge in [-0.15, -0.1) is 0 Å². The van der Waals surface area contributed by atoms with Gasteiger partial charge in [0.1, 0.15) is 5.75 Å². The van der Waals surface area contributed by atoms with Gasteiger partial charge in [-0.05, 0) is 31.2 Å². The second-order valence-electron chi connectivity index (χ2n) is 3.86. The molecule has 21 heavy (non-hydrogen) atoms. The highest BCUT2D eigenvalue weighted by Gasteiger charge is 2.31. The molecule has 0 fully saturated rings. The summed E-state index contributed by atoms with van der Waals surface area (Å²) in [5.41, 5.74) is -1.24. The normalized spacial score (nSPS) is 11.5. The van der Waals surface area contributed by atoms with Crippen LogP contribution < -0.4 is 4.74 Å². The summed E-state index contributed by atoms with van der Waals surface area (Å²) < 4.78 is 47.4. The monoisotopic (exact) mass is 302 g/mol.